The molecule has 4 heteroatoms. The Morgan fingerprint density at radius 2 is 2.00 bits per heavy atom. The van der Waals surface area contributed by atoms with Crippen LogP contribution >= 0.6 is 34.2 Å². The molecule has 2 aromatic rings. The fourth-order valence-corrected chi connectivity index (χ4v) is 2.16. The van der Waals surface area contributed by atoms with Crippen LogP contribution < -0.4 is 4.74 Å². The summed E-state index contributed by atoms with van der Waals surface area (Å²) in [5.74, 6) is -0.0125. The average molecular weight is 373 g/mol. The summed E-state index contributed by atoms with van der Waals surface area (Å²) in [6.07, 6.45) is 0. The van der Waals surface area contributed by atoms with E-state index in [1.165, 1.54) is 0 Å². The lowest BCUT2D eigenvalue weighted by molar-refractivity contribution is 0.0735. The van der Waals surface area contributed by atoms with Crippen molar-refractivity contribution in [3.05, 3.63) is 62.2 Å². The van der Waals surface area contributed by atoms with Crippen molar-refractivity contribution in [2.75, 3.05) is 0 Å². The zero-order valence-corrected chi connectivity index (χ0v) is 12.5. The number of esters is 1. The van der Waals surface area contributed by atoms with Crippen LogP contribution in [0.3, 0.4) is 0 Å². The molecule has 0 amide bonds. The maximum Gasteiger partial charge on any atom is 0.343 e. The molecule has 2 rings (SSSR count). The van der Waals surface area contributed by atoms with Crippen LogP contribution in [0, 0.1) is 10.5 Å². The number of benzene rings is 2. The van der Waals surface area contributed by atoms with E-state index in [4.69, 9.17) is 16.3 Å². The van der Waals surface area contributed by atoms with Gasteiger partial charge in [-0.1, -0.05) is 23.7 Å². The summed E-state index contributed by atoms with van der Waals surface area (Å²) in [7, 11) is 0. The molecule has 0 saturated carbocycles. The number of aryl methyl sites for hydroxylation is 1. The van der Waals surface area contributed by atoms with Gasteiger partial charge in [0.05, 0.1) is 10.6 Å². The number of hydrogen-bond acceptors (Lipinski definition) is 2. The summed E-state index contributed by atoms with van der Waals surface area (Å²) in [5.41, 5.74) is 1.50. The third-order valence-corrected chi connectivity index (χ3v) is 3.33. The van der Waals surface area contributed by atoms with Crippen molar-refractivity contribution >= 4 is 40.2 Å². The summed E-state index contributed by atoms with van der Waals surface area (Å²) >= 11 is 8.13. The van der Waals surface area contributed by atoms with Crippen LogP contribution in [-0.4, -0.2) is 5.97 Å². The standard InChI is InChI=1S/C14H10ClIO2/c1-9-5-6-12(15)13(7-9)18-14(17)10-3-2-4-11(16)8-10/h2-8H,1H3. The van der Waals surface area contributed by atoms with E-state index in [0.29, 0.717) is 16.3 Å². The first kappa shape index (κ1) is 13.4. The third-order valence-electron chi connectivity index (χ3n) is 2.35. The molecule has 0 aliphatic rings. The summed E-state index contributed by atoms with van der Waals surface area (Å²) in [6, 6.07) is 12.5. The SMILES string of the molecule is Cc1ccc(Cl)c(OC(=O)c2cccc(I)c2)c1. The quantitative estimate of drug-likeness (QED) is 0.442. The highest BCUT2D eigenvalue weighted by molar-refractivity contribution is 14.1. The molecule has 0 radical (unpaired) electrons. The van der Waals surface area contributed by atoms with Crippen LogP contribution in [0.15, 0.2) is 42.5 Å². The summed E-state index contributed by atoms with van der Waals surface area (Å²) in [6.45, 7) is 1.92. The van der Waals surface area contributed by atoms with Gasteiger partial charge >= 0.3 is 5.97 Å². The lowest BCUT2D eigenvalue weighted by atomic mass is 10.2. The van der Waals surface area contributed by atoms with E-state index < -0.39 is 5.97 Å². The van der Waals surface area contributed by atoms with E-state index >= 15 is 0 Å². The monoisotopic (exact) mass is 372 g/mol. The van der Waals surface area contributed by atoms with Gasteiger partial charge in [-0.2, -0.15) is 0 Å². The lowest BCUT2D eigenvalue weighted by Crippen LogP contribution is -2.09. The van der Waals surface area contributed by atoms with Crippen LogP contribution in [-0.2, 0) is 0 Å². The van der Waals surface area contributed by atoms with E-state index in [2.05, 4.69) is 22.6 Å². The molecule has 0 N–H and O–H groups in total. The minimum Gasteiger partial charge on any atom is -0.421 e. The predicted molar refractivity (Wildman–Crippen MR) is 80.3 cm³/mol. The lowest BCUT2D eigenvalue weighted by Gasteiger charge is -2.07. The van der Waals surface area contributed by atoms with Gasteiger partial charge in [-0.25, -0.2) is 4.79 Å². The van der Waals surface area contributed by atoms with Crippen molar-refractivity contribution in [1.82, 2.24) is 0 Å². The number of carbonyl (C=O) groups excluding carboxylic acids is 1. The zero-order valence-electron chi connectivity index (χ0n) is 9.61. The molecule has 0 saturated heterocycles. The Balaban J connectivity index is 2.24. The van der Waals surface area contributed by atoms with Gasteiger partial charge in [0.25, 0.3) is 0 Å². The Hall–Kier alpha value is -1.07. The molecule has 0 aliphatic carbocycles. The molecule has 0 bridgehead atoms. The normalized spacial score (nSPS) is 10.2. The zero-order chi connectivity index (χ0) is 13.1. The second kappa shape index (κ2) is 5.71. The molecule has 0 spiro atoms. The van der Waals surface area contributed by atoms with Crippen LogP contribution in [0.4, 0.5) is 0 Å². The average Bonchev–Trinajstić information content (AvgIpc) is 2.34. The first-order valence-corrected chi connectivity index (χ1v) is 6.76. The van der Waals surface area contributed by atoms with E-state index in [9.17, 15) is 4.79 Å². The highest BCUT2D eigenvalue weighted by atomic mass is 127. The Kier molecular flexibility index (Phi) is 4.24. The van der Waals surface area contributed by atoms with Gasteiger partial charge in [0.2, 0.25) is 0 Å². The topological polar surface area (TPSA) is 26.3 Å². The molecule has 18 heavy (non-hydrogen) atoms. The molecule has 0 heterocycles. The maximum absolute atomic E-state index is 11.9. The Morgan fingerprint density at radius 3 is 2.72 bits per heavy atom. The highest BCUT2D eigenvalue weighted by Crippen LogP contribution is 2.26. The molecular formula is C14H10ClIO2. The van der Waals surface area contributed by atoms with Crippen molar-refractivity contribution in [3.8, 4) is 5.75 Å². The third kappa shape index (κ3) is 3.23. The van der Waals surface area contributed by atoms with Crippen molar-refractivity contribution in [3.63, 3.8) is 0 Å². The fourth-order valence-electron chi connectivity index (χ4n) is 1.46. The molecule has 0 unspecified atom stereocenters. The van der Waals surface area contributed by atoms with E-state index in [1.54, 1.807) is 24.3 Å². The summed E-state index contributed by atoms with van der Waals surface area (Å²) < 4.78 is 6.28. The van der Waals surface area contributed by atoms with Crippen molar-refractivity contribution in [2.24, 2.45) is 0 Å². The smallest absolute Gasteiger partial charge is 0.343 e. The number of halogens is 2. The molecule has 2 aromatic carbocycles. The van der Waals surface area contributed by atoms with Crippen LogP contribution in [0.1, 0.15) is 15.9 Å². The highest BCUT2D eigenvalue weighted by Gasteiger charge is 2.11. The van der Waals surface area contributed by atoms with Crippen molar-refractivity contribution in [1.29, 1.82) is 0 Å². The summed E-state index contributed by atoms with van der Waals surface area (Å²) in [5, 5.41) is 0.430. The number of rotatable bonds is 2. The van der Waals surface area contributed by atoms with Crippen LogP contribution in [0.25, 0.3) is 0 Å². The van der Waals surface area contributed by atoms with Crippen LogP contribution in [0.2, 0.25) is 5.02 Å². The van der Waals surface area contributed by atoms with Gasteiger partial charge in [-0.3, -0.25) is 0 Å². The van der Waals surface area contributed by atoms with E-state index in [1.807, 2.05) is 25.1 Å². The minimum absolute atomic E-state index is 0.389. The van der Waals surface area contributed by atoms with Crippen LogP contribution in [0.5, 0.6) is 5.75 Å². The van der Waals surface area contributed by atoms with Gasteiger partial charge in [0.15, 0.2) is 0 Å². The van der Waals surface area contributed by atoms with Crippen molar-refractivity contribution in [2.45, 2.75) is 6.92 Å². The van der Waals surface area contributed by atoms with Gasteiger partial charge in [0, 0.05) is 3.57 Å². The molecule has 0 atom stereocenters. The molecule has 0 aromatic heterocycles. The van der Waals surface area contributed by atoms with E-state index in [0.717, 1.165) is 9.13 Å². The van der Waals surface area contributed by atoms with Gasteiger partial charge in [0.1, 0.15) is 5.75 Å². The molecule has 0 aliphatic heterocycles. The molecule has 92 valence electrons. The number of hydrogen-bond donors (Lipinski definition) is 0. The minimum atomic E-state index is -0.402. The van der Waals surface area contributed by atoms with Crippen molar-refractivity contribution < 1.29 is 9.53 Å². The van der Waals surface area contributed by atoms with E-state index in [-0.39, 0.29) is 0 Å². The first-order chi connectivity index (χ1) is 8.56. The number of carbonyl (C=O) groups is 1. The second-order valence-corrected chi connectivity index (χ2v) is 5.49. The Morgan fingerprint density at radius 1 is 1.22 bits per heavy atom. The second-order valence-electron chi connectivity index (χ2n) is 3.83. The predicted octanol–water partition coefficient (Wildman–Crippen LogP) is 4.47. The molecule has 0 fully saturated rings. The molecule has 2 nitrogen and oxygen atoms in total. The fraction of sp³-hybridized carbons (Fsp3) is 0.0714. The maximum atomic E-state index is 11.9. The van der Waals surface area contributed by atoms with Gasteiger partial charge in [-0.15, -0.1) is 0 Å². The Labute approximate surface area is 124 Å². The number of ether oxygens (including phenoxy) is 1. The molecular weight excluding hydrogens is 363 g/mol. The van der Waals surface area contributed by atoms with Gasteiger partial charge < -0.3 is 4.74 Å². The van der Waals surface area contributed by atoms with Gasteiger partial charge in [-0.05, 0) is 65.4 Å². The first-order valence-electron chi connectivity index (χ1n) is 5.30. The largest absolute Gasteiger partial charge is 0.421 e. The Bertz CT molecular complexity index is 596. The summed E-state index contributed by atoms with van der Waals surface area (Å²) in [4.78, 5) is 11.9.